The zero-order chi connectivity index (χ0) is 18.6. The number of nitrogens with one attached hydrogen (secondary N) is 2. The second-order valence-corrected chi connectivity index (χ2v) is 6.01. The summed E-state index contributed by atoms with van der Waals surface area (Å²) in [7, 11) is 1.49. The number of carbonyl (C=O) groups is 2. The van der Waals surface area contributed by atoms with Gasteiger partial charge in [-0.15, -0.1) is 0 Å². The molecule has 2 aromatic carbocycles. The highest BCUT2D eigenvalue weighted by Crippen LogP contribution is 2.30. The summed E-state index contributed by atoms with van der Waals surface area (Å²) < 4.78 is 5.05. The lowest BCUT2D eigenvalue weighted by atomic mass is 10.2. The first-order chi connectivity index (χ1) is 11.8. The molecule has 6 nitrogen and oxygen atoms in total. The molecular formula is C16H12Cl2N2O4S. The summed E-state index contributed by atoms with van der Waals surface area (Å²) in [5.74, 6) is -1.22. The Morgan fingerprint density at radius 1 is 1.20 bits per heavy atom. The van der Waals surface area contributed by atoms with E-state index in [0.29, 0.717) is 11.3 Å². The van der Waals surface area contributed by atoms with Crippen LogP contribution in [-0.4, -0.2) is 29.2 Å². The van der Waals surface area contributed by atoms with E-state index in [1.807, 2.05) is 0 Å². The van der Waals surface area contributed by atoms with Crippen LogP contribution in [-0.2, 0) is 0 Å². The summed E-state index contributed by atoms with van der Waals surface area (Å²) in [6.45, 7) is 0. The molecule has 0 unspecified atom stereocenters. The van der Waals surface area contributed by atoms with Crippen LogP contribution in [0.25, 0.3) is 0 Å². The number of hydrogen-bond donors (Lipinski definition) is 3. The molecule has 0 spiro atoms. The van der Waals surface area contributed by atoms with E-state index < -0.39 is 11.9 Å². The van der Waals surface area contributed by atoms with E-state index in [9.17, 15) is 14.7 Å². The summed E-state index contributed by atoms with van der Waals surface area (Å²) in [6, 6.07) is 9.06. The van der Waals surface area contributed by atoms with Crippen molar-refractivity contribution in [3.63, 3.8) is 0 Å². The number of benzene rings is 2. The quantitative estimate of drug-likeness (QED) is 0.678. The molecule has 0 saturated heterocycles. The van der Waals surface area contributed by atoms with Crippen molar-refractivity contribution in [2.75, 3.05) is 12.4 Å². The van der Waals surface area contributed by atoms with Crippen molar-refractivity contribution in [3.8, 4) is 5.75 Å². The van der Waals surface area contributed by atoms with Gasteiger partial charge in [0.15, 0.2) is 5.11 Å². The number of aromatic carboxylic acids is 1. The topological polar surface area (TPSA) is 87.7 Å². The number of halogens is 2. The summed E-state index contributed by atoms with van der Waals surface area (Å²) in [4.78, 5) is 23.5. The minimum absolute atomic E-state index is 0.0366. The summed E-state index contributed by atoms with van der Waals surface area (Å²) in [5.41, 5.74) is 0.189. The van der Waals surface area contributed by atoms with Crippen molar-refractivity contribution in [1.29, 1.82) is 0 Å². The Kier molecular flexibility index (Phi) is 6.19. The molecule has 25 heavy (non-hydrogen) atoms. The second-order valence-electron chi connectivity index (χ2n) is 4.76. The highest BCUT2D eigenvalue weighted by atomic mass is 35.5. The predicted molar refractivity (Wildman–Crippen MR) is 100 cm³/mol. The Balaban J connectivity index is 2.18. The molecule has 0 radical (unpaired) electrons. The van der Waals surface area contributed by atoms with Crippen molar-refractivity contribution < 1.29 is 19.4 Å². The van der Waals surface area contributed by atoms with E-state index in [2.05, 4.69) is 10.6 Å². The Morgan fingerprint density at radius 3 is 2.56 bits per heavy atom. The van der Waals surface area contributed by atoms with Crippen LogP contribution in [0.3, 0.4) is 0 Å². The molecular weight excluding hydrogens is 387 g/mol. The smallest absolute Gasteiger partial charge is 0.337 e. The maximum Gasteiger partial charge on any atom is 0.337 e. The molecule has 3 N–H and O–H groups in total. The fourth-order valence-corrected chi connectivity index (χ4v) is 2.69. The zero-order valence-corrected chi connectivity index (χ0v) is 15.1. The molecule has 2 aromatic rings. The van der Waals surface area contributed by atoms with E-state index in [-0.39, 0.29) is 26.4 Å². The molecule has 2 rings (SSSR count). The van der Waals surface area contributed by atoms with Crippen molar-refractivity contribution >= 4 is 58.1 Å². The third-order valence-corrected chi connectivity index (χ3v) is 3.80. The Hall–Kier alpha value is -2.35. The molecule has 130 valence electrons. The van der Waals surface area contributed by atoms with E-state index >= 15 is 0 Å². The summed E-state index contributed by atoms with van der Waals surface area (Å²) in [6.07, 6.45) is 0. The number of rotatable bonds is 4. The monoisotopic (exact) mass is 398 g/mol. The normalized spacial score (nSPS) is 10.0. The van der Waals surface area contributed by atoms with E-state index in [0.717, 1.165) is 0 Å². The molecule has 0 atom stereocenters. The lowest BCUT2D eigenvalue weighted by Crippen LogP contribution is -2.34. The SMILES string of the molecule is COc1cccc(C(=O)NC(=S)Nc2c(Cl)cc(Cl)cc2C(=O)O)c1. The Bertz CT molecular complexity index is 858. The number of thiocarbonyl (C=S) groups is 1. The van der Waals surface area contributed by atoms with Gasteiger partial charge in [0.1, 0.15) is 5.75 Å². The Labute approximate surface area is 158 Å². The zero-order valence-electron chi connectivity index (χ0n) is 12.8. The van der Waals surface area contributed by atoms with Gasteiger partial charge in [-0.05, 0) is 42.5 Å². The fraction of sp³-hybridized carbons (Fsp3) is 0.0625. The molecule has 0 aliphatic carbocycles. The largest absolute Gasteiger partial charge is 0.497 e. The molecule has 1 amide bonds. The molecule has 0 saturated carbocycles. The van der Waals surface area contributed by atoms with Gasteiger partial charge in [-0.3, -0.25) is 10.1 Å². The van der Waals surface area contributed by atoms with Gasteiger partial charge in [-0.2, -0.15) is 0 Å². The van der Waals surface area contributed by atoms with Crippen LogP contribution in [0.2, 0.25) is 10.0 Å². The average Bonchev–Trinajstić information content (AvgIpc) is 2.56. The number of hydrogen-bond acceptors (Lipinski definition) is 4. The third-order valence-electron chi connectivity index (χ3n) is 3.08. The summed E-state index contributed by atoms with van der Waals surface area (Å²) >= 11 is 16.9. The second kappa shape index (κ2) is 8.15. The molecule has 9 heteroatoms. The maximum absolute atomic E-state index is 12.2. The van der Waals surface area contributed by atoms with E-state index in [4.69, 9.17) is 40.2 Å². The molecule has 0 aliphatic heterocycles. The number of carboxylic acid groups (broad SMARTS) is 1. The summed E-state index contributed by atoms with van der Waals surface area (Å²) in [5, 5.41) is 14.4. The molecule has 0 heterocycles. The van der Waals surface area contributed by atoms with Crippen LogP contribution in [0, 0.1) is 0 Å². The van der Waals surface area contributed by atoms with E-state index in [1.165, 1.54) is 25.3 Å². The average molecular weight is 399 g/mol. The van der Waals surface area contributed by atoms with Gasteiger partial charge in [-0.25, -0.2) is 4.79 Å². The molecule has 0 aliphatic rings. The lowest BCUT2D eigenvalue weighted by Gasteiger charge is -2.14. The number of carboxylic acids is 1. The fourth-order valence-electron chi connectivity index (χ4n) is 1.95. The van der Waals surface area contributed by atoms with Gasteiger partial charge in [0.2, 0.25) is 0 Å². The van der Waals surface area contributed by atoms with Gasteiger partial charge >= 0.3 is 5.97 Å². The van der Waals surface area contributed by atoms with Gasteiger partial charge in [0, 0.05) is 10.6 Å². The highest BCUT2D eigenvalue weighted by molar-refractivity contribution is 7.80. The molecule has 0 fully saturated rings. The minimum atomic E-state index is -1.24. The van der Waals surface area contributed by atoms with Crippen LogP contribution >= 0.6 is 35.4 Å². The first-order valence-corrected chi connectivity index (χ1v) is 7.97. The molecule has 0 aromatic heterocycles. The number of amides is 1. The predicted octanol–water partition coefficient (Wildman–Crippen LogP) is 3.83. The molecule has 0 bridgehead atoms. The van der Waals surface area contributed by atoms with Gasteiger partial charge < -0.3 is 15.2 Å². The standard InChI is InChI=1S/C16H12Cl2N2O4S/c1-24-10-4-2-3-8(5-10)14(21)20-16(25)19-13-11(15(22)23)6-9(17)7-12(13)18/h2-7H,1H3,(H,22,23)(H2,19,20,21,25). The van der Waals surface area contributed by atoms with Crippen LogP contribution in [0.15, 0.2) is 36.4 Å². The van der Waals surface area contributed by atoms with Crippen LogP contribution in [0.5, 0.6) is 5.75 Å². The van der Waals surface area contributed by atoms with Crippen molar-refractivity contribution in [3.05, 3.63) is 57.6 Å². The third kappa shape index (κ3) is 4.82. The number of ether oxygens (including phenoxy) is 1. The van der Waals surface area contributed by atoms with E-state index in [1.54, 1.807) is 18.2 Å². The number of anilines is 1. The van der Waals surface area contributed by atoms with Crippen LogP contribution < -0.4 is 15.4 Å². The van der Waals surface area contributed by atoms with Gasteiger partial charge in [-0.1, -0.05) is 29.3 Å². The van der Waals surface area contributed by atoms with Crippen molar-refractivity contribution in [2.24, 2.45) is 0 Å². The number of carbonyl (C=O) groups excluding carboxylic acids is 1. The van der Waals surface area contributed by atoms with Crippen molar-refractivity contribution in [1.82, 2.24) is 5.32 Å². The first-order valence-electron chi connectivity index (χ1n) is 6.80. The maximum atomic E-state index is 12.2. The Morgan fingerprint density at radius 2 is 1.92 bits per heavy atom. The van der Waals surface area contributed by atoms with Crippen LogP contribution in [0.1, 0.15) is 20.7 Å². The lowest BCUT2D eigenvalue weighted by molar-refractivity contribution is 0.0697. The van der Waals surface area contributed by atoms with Crippen LogP contribution in [0.4, 0.5) is 5.69 Å². The van der Waals surface area contributed by atoms with Gasteiger partial charge in [0.05, 0.1) is 23.4 Å². The van der Waals surface area contributed by atoms with Gasteiger partial charge in [0.25, 0.3) is 5.91 Å². The van der Waals surface area contributed by atoms with Crippen molar-refractivity contribution in [2.45, 2.75) is 0 Å². The minimum Gasteiger partial charge on any atom is -0.497 e. The number of methoxy groups -OCH3 is 1. The highest BCUT2D eigenvalue weighted by Gasteiger charge is 2.17. The first kappa shape index (κ1) is 19.0.